The van der Waals surface area contributed by atoms with Crippen molar-refractivity contribution in [3.05, 3.63) is 45.7 Å². The van der Waals surface area contributed by atoms with Gasteiger partial charge in [-0.3, -0.25) is 4.79 Å². The summed E-state index contributed by atoms with van der Waals surface area (Å²) in [4.78, 5) is 31.1. The zero-order valence-electron chi connectivity index (χ0n) is 16.9. The maximum Gasteiger partial charge on any atom is 0.315 e. The highest BCUT2D eigenvalue weighted by atomic mass is 32.1. The number of hydrogen-bond acceptors (Lipinski definition) is 6. The summed E-state index contributed by atoms with van der Waals surface area (Å²) in [7, 11) is 0. The number of thiazole rings is 1. The van der Waals surface area contributed by atoms with Gasteiger partial charge in [0, 0.05) is 18.7 Å². The van der Waals surface area contributed by atoms with Crippen LogP contribution in [0.1, 0.15) is 37.8 Å². The van der Waals surface area contributed by atoms with Crippen LogP contribution in [-0.2, 0) is 6.54 Å². The molecule has 0 unspecified atom stereocenters. The number of hydrogen-bond donors (Lipinski definition) is 2. The van der Waals surface area contributed by atoms with Crippen LogP contribution in [0.5, 0.6) is 0 Å². The first-order chi connectivity index (χ1) is 14.6. The Balaban J connectivity index is 1.40. The molecule has 0 saturated heterocycles. The lowest BCUT2D eigenvalue weighted by Gasteiger charge is -2.22. The Kier molecular flexibility index (Phi) is 6.59. The Morgan fingerprint density at radius 3 is 2.83 bits per heavy atom. The van der Waals surface area contributed by atoms with Crippen LogP contribution >= 0.6 is 22.7 Å². The van der Waals surface area contributed by atoms with Crippen LogP contribution in [-0.4, -0.2) is 33.4 Å². The molecule has 9 heteroatoms. The standard InChI is InChI=1S/C21H25N5O2S2/c1-14-19(30-20(23-14)17-8-5-13-29-17)16-9-10-18(27)26(25-16)12-11-22-21(28)24-15-6-3-2-4-7-15/h5,8-10,13,15H,2-4,6-7,11-12H2,1H3,(H2,22,24,28). The molecule has 0 radical (unpaired) electrons. The third-order valence-electron chi connectivity index (χ3n) is 5.18. The Bertz CT molecular complexity index is 1050. The van der Waals surface area contributed by atoms with Gasteiger partial charge in [-0.15, -0.1) is 22.7 Å². The van der Waals surface area contributed by atoms with Crippen molar-refractivity contribution in [2.45, 2.75) is 51.6 Å². The van der Waals surface area contributed by atoms with Gasteiger partial charge in [0.05, 0.1) is 22.0 Å². The van der Waals surface area contributed by atoms with E-state index in [9.17, 15) is 9.59 Å². The number of urea groups is 1. The van der Waals surface area contributed by atoms with E-state index in [0.29, 0.717) is 13.1 Å². The van der Waals surface area contributed by atoms with Crippen molar-refractivity contribution in [2.24, 2.45) is 0 Å². The molecule has 7 nitrogen and oxygen atoms in total. The molecular weight excluding hydrogens is 418 g/mol. The van der Waals surface area contributed by atoms with Crippen molar-refractivity contribution < 1.29 is 4.79 Å². The molecule has 158 valence electrons. The summed E-state index contributed by atoms with van der Waals surface area (Å²) in [5, 5.41) is 13.4. The first-order valence-corrected chi connectivity index (χ1v) is 11.9. The lowest BCUT2D eigenvalue weighted by molar-refractivity contribution is 0.232. The Morgan fingerprint density at radius 2 is 2.07 bits per heavy atom. The van der Waals surface area contributed by atoms with Crippen LogP contribution < -0.4 is 16.2 Å². The molecule has 0 aromatic carbocycles. The highest BCUT2D eigenvalue weighted by Gasteiger charge is 2.16. The first kappa shape index (κ1) is 20.7. The minimum Gasteiger partial charge on any atom is -0.336 e. The highest BCUT2D eigenvalue weighted by molar-refractivity contribution is 7.23. The van der Waals surface area contributed by atoms with Gasteiger partial charge in [-0.2, -0.15) is 5.10 Å². The van der Waals surface area contributed by atoms with E-state index in [1.807, 2.05) is 24.4 Å². The SMILES string of the molecule is Cc1nc(-c2cccs2)sc1-c1ccc(=O)n(CCNC(=O)NC2CCCCC2)n1. The van der Waals surface area contributed by atoms with Crippen molar-refractivity contribution in [3.8, 4) is 20.5 Å². The van der Waals surface area contributed by atoms with E-state index in [0.717, 1.165) is 39.0 Å². The maximum atomic E-state index is 12.2. The van der Waals surface area contributed by atoms with Crippen LogP contribution in [0.25, 0.3) is 20.5 Å². The summed E-state index contributed by atoms with van der Waals surface area (Å²) < 4.78 is 1.40. The number of thiophene rings is 1. The highest BCUT2D eigenvalue weighted by Crippen LogP contribution is 2.35. The topological polar surface area (TPSA) is 88.9 Å². The molecule has 30 heavy (non-hydrogen) atoms. The number of nitrogens with zero attached hydrogens (tertiary/aromatic N) is 3. The number of aryl methyl sites for hydroxylation is 1. The summed E-state index contributed by atoms with van der Waals surface area (Å²) in [5.41, 5.74) is 1.43. The fourth-order valence-electron chi connectivity index (χ4n) is 3.63. The normalized spacial score (nSPS) is 14.6. The molecule has 2 amide bonds. The average molecular weight is 444 g/mol. The van der Waals surface area contributed by atoms with E-state index in [-0.39, 0.29) is 17.6 Å². The van der Waals surface area contributed by atoms with Crippen LogP contribution in [0, 0.1) is 6.92 Å². The molecular formula is C21H25N5O2S2. The van der Waals surface area contributed by atoms with E-state index in [2.05, 4.69) is 20.7 Å². The van der Waals surface area contributed by atoms with Crippen molar-refractivity contribution in [1.29, 1.82) is 0 Å². The van der Waals surface area contributed by atoms with E-state index >= 15 is 0 Å². The predicted molar refractivity (Wildman–Crippen MR) is 121 cm³/mol. The average Bonchev–Trinajstić information content (AvgIpc) is 3.40. The second-order valence-electron chi connectivity index (χ2n) is 7.43. The van der Waals surface area contributed by atoms with E-state index in [4.69, 9.17) is 0 Å². The van der Waals surface area contributed by atoms with E-state index in [1.54, 1.807) is 28.7 Å². The second-order valence-corrected chi connectivity index (χ2v) is 9.37. The maximum absolute atomic E-state index is 12.2. The summed E-state index contributed by atoms with van der Waals surface area (Å²) in [6.45, 7) is 2.62. The van der Waals surface area contributed by atoms with Gasteiger partial charge in [0.1, 0.15) is 10.7 Å². The molecule has 1 aliphatic rings. The predicted octanol–water partition coefficient (Wildman–Crippen LogP) is 4.04. The van der Waals surface area contributed by atoms with Gasteiger partial charge in [0.2, 0.25) is 0 Å². The Morgan fingerprint density at radius 1 is 1.23 bits per heavy atom. The number of rotatable bonds is 6. The molecule has 3 aromatic rings. The van der Waals surface area contributed by atoms with Gasteiger partial charge in [-0.25, -0.2) is 14.5 Å². The zero-order chi connectivity index (χ0) is 20.9. The largest absolute Gasteiger partial charge is 0.336 e. The molecule has 1 saturated carbocycles. The monoisotopic (exact) mass is 443 g/mol. The summed E-state index contributed by atoms with van der Waals surface area (Å²) >= 11 is 3.23. The lowest BCUT2D eigenvalue weighted by atomic mass is 9.96. The minimum absolute atomic E-state index is 0.176. The van der Waals surface area contributed by atoms with Gasteiger partial charge < -0.3 is 10.6 Å². The van der Waals surface area contributed by atoms with Crippen LogP contribution in [0.4, 0.5) is 4.79 Å². The fourth-order valence-corrected chi connectivity index (χ4v) is 5.46. The Hall–Kier alpha value is -2.52. The van der Waals surface area contributed by atoms with Crippen molar-refractivity contribution in [1.82, 2.24) is 25.4 Å². The van der Waals surface area contributed by atoms with E-state index in [1.165, 1.54) is 30.0 Å². The van der Waals surface area contributed by atoms with Gasteiger partial charge in [-0.05, 0) is 37.3 Å². The first-order valence-electron chi connectivity index (χ1n) is 10.2. The quantitative estimate of drug-likeness (QED) is 0.602. The molecule has 0 aliphatic heterocycles. The number of nitrogens with one attached hydrogen (secondary N) is 2. The number of carbonyl (C=O) groups is 1. The zero-order valence-corrected chi connectivity index (χ0v) is 18.5. The fraction of sp³-hybridized carbons (Fsp3) is 0.429. The van der Waals surface area contributed by atoms with E-state index < -0.39 is 0 Å². The molecule has 1 aliphatic carbocycles. The third-order valence-corrected chi connectivity index (χ3v) is 7.40. The number of aromatic nitrogens is 3. The third kappa shape index (κ3) is 4.96. The summed E-state index contributed by atoms with van der Waals surface area (Å²) in [5.74, 6) is 0. The summed E-state index contributed by atoms with van der Waals surface area (Å²) in [6, 6.07) is 7.40. The van der Waals surface area contributed by atoms with Crippen molar-refractivity contribution >= 4 is 28.7 Å². The molecule has 2 N–H and O–H groups in total. The molecule has 3 heterocycles. The van der Waals surface area contributed by atoms with Crippen LogP contribution in [0.3, 0.4) is 0 Å². The minimum atomic E-state index is -0.186. The number of carbonyl (C=O) groups excluding carboxylic acids is 1. The van der Waals surface area contributed by atoms with Crippen molar-refractivity contribution in [3.63, 3.8) is 0 Å². The Labute approximate surface area is 183 Å². The van der Waals surface area contributed by atoms with Gasteiger partial charge >= 0.3 is 6.03 Å². The second kappa shape index (κ2) is 9.53. The molecule has 3 aromatic heterocycles. The van der Waals surface area contributed by atoms with Crippen LogP contribution in [0.2, 0.25) is 0 Å². The smallest absolute Gasteiger partial charge is 0.315 e. The van der Waals surface area contributed by atoms with Gasteiger partial charge in [-0.1, -0.05) is 25.3 Å². The molecule has 0 atom stereocenters. The summed E-state index contributed by atoms with van der Waals surface area (Å²) in [6.07, 6.45) is 5.67. The molecule has 1 fully saturated rings. The molecule has 0 spiro atoms. The lowest BCUT2D eigenvalue weighted by Crippen LogP contribution is -2.44. The van der Waals surface area contributed by atoms with Gasteiger partial charge in [0.15, 0.2) is 0 Å². The van der Waals surface area contributed by atoms with Crippen molar-refractivity contribution in [2.75, 3.05) is 6.54 Å². The molecule has 4 rings (SSSR count). The molecule has 0 bridgehead atoms. The van der Waals surface area contributed by atoms with Gasteiger partial charge in [0.25, 0.3) is 5.56 Å². The van der Waals surface area contributed by atoms with Crippen LogP contribution in [0.15, 0.2) is 34.4 Å². The number of amides is 2.